The minimum atomic E-state index is -1.08. The van der Waals surface area contributed by atoms with E-state index < -0.39 is 23.4 Å². The van der Waals surface area contributed by atoms with Crippen LogP contribution < -0.4 is 4.74 Å². The number of imidazole rings is 1. The Labute approximate surface area is 242 Å². The van der Waals surface area contributed by atoms with Crippen LogP contribution >= 0.6 is 11.6 Å². The number of aromatic nitrogens is 4. The van der Waals surface area contributed by atoms with Crippen molar-refractivity contribution in [1.82, 2.24) is 19.5 Å². The van der Waals surface area contributed by atoms with Gasteiger partial charge in [0.2, 0.25) is 5.88 Å². The third-order valence-electron chi connectivity index (χ3n) is 7.01. The molecule has 3 aromatic heterocycles. The number of carbonyl (C=O) groups is 1. The number of aromatic carboxylic acids is 1. The minimum Gasteiger partial charge on any atom is -0.478 e. The number of nitrogens with zero attached hydrogens (tertiary/aromatic N) is 4. The van der Waals surface area contributed by atoms with E-state index in [1.165, 1.54) is 30.5 Å². The largest absolute Gasteiger partial charge is 0.478 e. The van der Waals surface area contributed by atoms with Crippen LogP contribution in [0.3, 0.4) is 0 Å². The van der Waals surface area contributed by atoms with Crippen LogP contribution in [-0.2, 0) is 24.3 Å². The van der Waals surface area contributed by atoms with Crippen molar-refractivity contribution in [3.8, 4) is 17.1 Å². The van der Waals surface area contributed by atoms with Crippen molar-refractivity contribution in [3.63, 3.8) is 0 Å². The maximum Gasteiger partial charge on any atom is 0.335 e. The summed E-state index contributed by atoms with van der Waals surface area (Å²) in [6.07, 6.45) is 1.96. The highest BCUT2D eigenvalue weighted by molar-refractivity contribution is 6.29. The molecule has 1 fully saturated rings. The van der Waals surface area contributed by atoms with Crippen LogP contribution in [0.4, 0.5) is 13.2 Å². The summed E-state index contributed by atoms with van der Waals surface area (Å²) >= 11 is 5.68. The highest BCUT2D eigenvalue weighted by Crippen LogP contribution is 2.29. The first-order chi connectivity index (χ1) is 20.2. The summed E-state index contributed by atoms with van der Waals surface area (Å²) in [4.78, 5) is 24.2. The Hall–Kier alpha value is -4.48. The van der Waals surface area contributed by atoms with E-state index >= 15 is 8.78 Å². The van der Waals surface area contributed by atoms with Crippen LogP contribution in [0.15, 0.2) is 60.8 Å². The van der Waals surface area contributed by atoms with Crippen LogP contribution in [0.2, 0.25) is 5.15 Å². The number of hydrogen-bond acceptors (Lipinski definition) is 6. The van der Waals surface area contributed by atoms with Crippen LogP contribution in [0.1, 0.15) is 33.7 Å². The molecule has 1 saturated heterocycles. The molecule has 0 radical (unpaired) electrons. The zero-order valence-corrected chi connectivity index (χ0v) is 22.6. The molecule has 0 amide bonds. The van der Waals surface area contributed by atoms with Crippen molar-refractivity contribution in [3.05, 3.63) is 106 Å². The second-order valence-corrected chi connectivity index (χ2v) is 10.2. The summed E-state index contributed by atoms with van der Waals surface area (Å²) in [5.41, 5.74) is 1.49. The fraction of sp³-hybridized carbons (Fsp3) is 0.200. The van der Waals surface area contributed by atoms with Crippen molar-refractivity contribution >= 4 is 28.6 Å². The van der Waals surface area contributed by atoms with Gasteiger partial charge in [0.15, 0.2) is 0 Å². The summed E-state index contributed by atoms with van der Waals surface area (Å²) in [7, 11) is 0. The van der Waals surface area contributed by atoms with Gasteiger partial charge in [0.25, 0.3) is 0 Å². The zero-order valence-electron chi connectivity index (χ0n) is 21.9. The number of carboxylic acids is 1. The van der Waals surface area contributed by atoms with E-state index in [0.29, 0.717) is 30.0 Å². The average Bonchev–Trinajstić information content (AvgIpc) is 3.28. The molecular weight excluding hydrogens is 573 g/mol. The maximum atomic E-state index is 15.4. The van der Waals surface area contributed by atoms with Crippen LogP contribution in [-0.4, -0.2) is 43.3 Å². The first-order valence-corrected chi connectivity index (χ1v) is 13.3. The maximum absolute atomic E-state index is 15.4. The smallest absolute Gasteiger partial charge is 0.335 e. The lowest BCUT2D eigenvalue weighted by molar-refractivity contribution is -0.0589. The Morgan fingerprint density at radius 3 is 2.60 bits per heavy atom. The highest BCUT2D eigenvalue weighted by Gasteiger charge is 2.24. The van der Waals surface area contributed by atoms with Crippen molar-refractivity contribution in [2.75, 3.05) is 6.61 Å². The van der Waals surface area contributed by atoms with Gasteiger partial charge in [-0.3, -0.25) is 0 Å². The molecule has 1 aliphatic rings. The van der Waals surface area contributed by atoms with Gasteiger partial charge in [0.1, 0.15) is 35.0 Å². The van der Waals surface area contributed by atoms with E-state index in [2.05, 4.69) is 15.0 Å². The molecule has 0 aliphatic carbocycles. The minimum absolute atomic E-state index is 0.00859. The fourth-order valence-corrected chi connectivity index (χ4v) is 4.85. The fourth-order valence-electron chi connectivity index (χ4n) is 4.71. The summed E-state index contributed by atoms with van der Waals surface area (Å²) in [6.45, 7) is 0.844. The van der Waals surface area contributed by atoms with Crippen molar-refractivity contribution in [1.29, 1.82) is 0 Å². The van der Waals surface area contributed by atoms with Gasteiger partial charge in [-0.1, -0.05) is 17.7 Å². The van der Waals surface area contributed by atoms with Gasteiger partial charge in [-0.15, -0.1) is 0 Å². The third kappa shape index (κ3) is 5.65. The summed E-state index contributed by atoms with van der Waals surface area (Å²) in [5, 5.41) is 9.45. The second-order valence-electron chi connectivity index (χ2n) is 9.78. The first-order valence-electron chi connectivity index (χ1n) is 13.0. The van der Waals surface area contributed by atoms with Crippen LogP contribution in [0.25, 0.3) is 22.3 Å². The van der Waals surface area contributed by atoms with Crippen molar-refractivity contribution in [2.45, 2.75) is 32.1 Å². The number of fused-ring (bicyclic) bond motifs is 1. The van der Waals surface area contributed by atoms with E-state index in [1.807, 2.05) is 0 Å². The zero-order chi connectivity index (χ0) is 29.4. The third-order valence-corrected chi connectivity index (χ3v) is 7.22. The van der Waals surface area contributed by atoms with Gasteiger partial charge >= 0.3 is 5.97 Å². The molecule has 0 spiro atoms. The van der Waals surface area contributed by atoms with E-state index in [0.717, 1.165) is 24.6 Å². The molecule has 214 valence electrons. The molecule has 1 aliphatic heterocycles. The van der Waals surface area contributed by atoms with Gasteiger partial charge in [0.05, 0.1) is 34.9 Å². The van der Waals surface area contributed by atoms with Gasteiger partial charge in [-0.2, -0.15) is 0 Å². The molecular formula is C30H22ClF3N4O4. The second kappa shape index (κ2) is 11.4. The molecule has 1 unspecified atom stereocenters. The molecule has 0 saturated carbocycles. The van der Waals surface area contributed by atoms with Gasteiger partial charge in [-0.25, -0.2) is 32.9 Å². The molecule has 1 N–H and O–H groups in total. The van der Waals surface area contributed by atoms with Crippen molar-refractivity contribution in [2.24, 2.45) is 0 Å². The number of hydrogen-bond donors (Lipinski definition) is 1. The van der Waals surface area contributed by atoms with E-state index in [1.54, 1.807) is 16.7 Å². The Kier molecular flexibility index (Phi) is 7.53. The Morgan fingerprint density at radius 2 is 1.86 bits per heavy atom. The van der Waals surface area contributed by atoms with Crippen molar-refractivity contribution < 1.29 is 32.5 Å². The lowest BCUT2D eigenvalue weighted by atomic mass is 10.0. The molecule has 2 aromatic carbocycles. The van der Waals surface area contributed by atoms with Crippen LogP contribution in [0.5, 0.6) is 5.88 Å². The number of pyridine rings is 2. The Morgan fingerprint density at radius 1 is 1.05 bits per heavy atom. The topological polar surface area (TPSA) is 99.4 Å². The van der Waals surface area contributed by atoms with Gasteiger partial charge < -0.3 is 19.1 Å². The normalized spacial score (nSPS) is 14.6. The van der Waals surface area contributed by atoms with Crippen LogP contribution in [0, 0.1) is 17.5 Å². The summed E-state index contributed by atoms with van der Waals surface area (Å²) in [5.74, 6) is -2.51. The molecule has 42 heavy (non-hydrogen) atoms. The predicted molar refractivity (Wildman–Crippen MR) is 147 cm³/mol. The molecule has 8 nitrogen and oxygen atoms in total. The van der Waals surface area contributed by atoms with Gasteiger partial charge in [-0.05, 0) is 48.4 Å². The quantitative estimate of drug-likeness (QED) is 0.202. The molecule has 5 aromatic rings. The highest BCUT2D eigenvalue weighted by atomic mass is 35.5. The number of carboxylic acid groups (broad SMARTS) is 1. The predicted octanol–water partition coefficient (Wildman–Crippen LogP) is 6.22. The molecule has 1 atom stereocenters. The van der Waals surface area contributed by atoms with E-state index in [4.69, 9.17) is 21.1 Å². The Balaban J connectivity index is 1.27. The van der Waals surface area contributed by atoms with E-state index in [-0.39, 0.29) is 58.1 Å². The van der Waals surface area contributed by atoms with E-state index in [9.17, 15) is 14.3 Å². The number of rotatable bonds is 9. The standard InChI is InChI=1S/C30H22ClF3N4O4/c31-27-12-22(33)18(13-35-27)15-42-29-3-1-2-24(37-29)20-11-21(32)17(8-23(20)34)10-28-36-25-5-4-16(30(39)40)9-26(25)38(28)14-19-6-7-41-19/h1-5,8-9,11-13,19H,6-7,10,14-15H2,(H,39,40). The summed E-state index contributed by atoms with van der Waals surface area (Å²) in [6, 6.07) is 12.4. The molecule has 12 heteroatoms. The number of benzene rings is 2. The number of ether oxygens (including phenoxy) is 2. The first kappa shape index (κ1) is 27.7. The monoisotopic (exact) mass is 594 g/mol. The Bertz CT molecular complexity index is 1830. The SMILES string of the molecule is O=C(O)c1ccc2nc(Cc3cc(F)c(-c4cccc(OCc5cnc(Cl)cc5F)n4)cc3F)n(CC3CCO3)c2c1. The lowest BCUT2D eigenvalue weighted by Gasteiger charge is -2.27. The van der Waals surface area contributed by atoms with Gasteiger partial charge in [0, 0.05) is 42.5 Å². The number of halogens is 4. The average molecular weight is 595 g/mol. The summed E-state index contributed by atoms with van der Waals surface area (Å²) < 4.78 is 57.8. The molecule has 4 heterocycles. The molecule has 0 bridgehead atoms. The lowest BCUT2D eigenvalue weighted by Crippen LogP contribution is -2.31. The molecule has 6 rings (SSSR count).